The summed E-state index contributed by atoms with van der Waals surface area (Å²) in [4.78, 5) is 30.2. The number of rotatable bonds is 3. The standard InChI is InChI=1S/C16H15ClN2O3S/c1-16(15(21)22)6-7-19(9-16)14(20)12-8-18-13(23-12)10-4-2-3-5-11(10)17/h2-5,8H,6-7,9H2,1H3,(H,21,22). The molecular weight excluding hydrogens is 336 g/mol. The molecule has 120 valence electrons. The Balaban J connectivity index is 1.80. The molecule has 0 bridgehead atoms. The number of carbonyl (C=O) groups excluding carboxylic acids is 1. The predicted octanol–water partition coefficient (Wildman–Crippen LogP) is 3.40. The smallest absolute Gasteiger partial charge is 0.311 e. The molecule has 5 nitrogen and oxygen atoms in total. The van der Waals surface area contributed by atoms with Gasteiger partial charge in [0.15, 0.2) is 0 Å². The maximum atomic E-state index is 12.6. The molecule has 1 N–H and O–H groups in total. The second-order valence-corrected chi connectivity index (χ2v) is 7.29. The maximum Gasteiger partial charge on any atom is 0.311 e. The van der Waals surface area contributed by atoms with Crippen molar-refractivity contribution >= 4 is 34.8 Å². The molecule has 3 rings (SSSR count). The fourth-order valence-electron chi connectivity index (χ4n) is 2.60. The molecule has 7 heteroatoms. The molecule has 0 spiro atoms. The van der Waals surface area contributed by atoms with Crippen LogP contribution in [-0.4, -0.2) is 40.0 Å². The van der Waals surface area contributed by atoms with Crippen LogP contribution in [0.2, 0.25) is 5.02 Å². The molecule has 1 aromatic carbocycles. The average molecular weight is 351 g/mol. The summed E-state index contributed by atoms with van der Waals surface area (Å²) in [6.07, 6.45) is 1.99. The number of hydrogen-bond acceptors (Lipinski definition) is 4. The summed E-state index contributed by atoms with van der Waals surface area (Å²) < 4.78 is 0. The summed E-state index contributed by atoms with van der Waals surface area (Å²) in [6, 6.07) is 7.33. The van der Waals surface area contributed by atoms with E-state index in [1.807, 2.05) is 18.2 Å². The van der Waals surface area contributed by atoms with E-state index in [-0.39, 0.29) is 12.5 Å². The minimum Gasteiger partial charge on any atom is -0.481 e. The number of aliphatic carboxylic acids is 1. The maximum absolute atomic E-state index is 12.6. The summed E-state index contributed by atoms with van der Waals surface area (Å²) in [6.45, 7) is 2.34. The van der Waals surface area contributed by atoms with Crippen LogP contribution < -0.4 is 0 Å². The lowest BCUT2D eigenvalue weighted by molar-refractivity contribution is -0.147. The van der Waals surface area contributed by atoms with Gasteiger partial charge in [0.05, 0.1) is 16.6 Å². The molecule has 23 heavy (non-hydrogen) atoms. The van der Waals surface area contributed by atoms with Gasteiger partial charge >= 0.3 is 5.97 Å². The first kappa shape index (κ1) is 16.0. The molecule has 1 saturated heterocycles. The Kier molecular flexibility index (Phi) is 4.12. The quantitative estimate of drug-likeness (QED) is 0.921. The van der Waals surface area contributed by atoms with Crippen LogP contribution >= 0.6 is 22.9 Å². The number of nitrogens with zero attached hydrogens (tertiary/aromatic N) is 2. The number of aromatic nitrogens is 1. The Bertz CT molecular complexity index is 776. The van der Waals surface area contributed by atoms with Gasteiger partial charge in [-0.25, -0.2) is 4.98 Å². The van der Waals surface area contributed by atoms with Crippen LogP contribution in [0, 0.1) is 5.41 Å². The largest absolute Gasteiger partial charge is 0.481 e. The third-order valence-electron chi connectivity index (χ3n) is 4.10. The van der Waals surface area contributed by atoms with Gasteiger partial charge in [0.1, 0.15) is 9.88 Å². The van der Waals surface area contributed by atoms with Gasteiger partial charge < -0.3 is 10.0 Å². The van der Waals surface area contributed by atoms with E-state index >= 15 is 0 Å². The fraction of sp³-hybridized carbons (Fsp3) is 0.312. The van der Waals surface area contributed by atoms with Crippen LogP contribution in [-0.2, 0) is 4.79 Å². The predicted molar refractivity (Wildman–Crippen MR) is 88.8 cm³/mol. The third kappa shape index (κ3) is 2.96. The van der Waals surface area contributed by atoms with E-state index in [0.717, 1.165) is 5.56 Å². The van der Waals surface area contributed by atoms with Gasteiger partial charge in [0.2, 0.25) is 0 Å². The Morgan fingerprint density at radius 1 is 1.39 bits per heavy atom. The molecular formula is C16H15ClN2O3S. The van der Waals surface area contributed by atoms with Crippen molar-refractivity contribution in [3.8, 4) is 10.6 Å². The minimum absolute atomic E-state index is 0.175. The minimum atomic E-state index is -0.869. The van der Waals surface area contributed by atoms with Crippen LogP contribution in [0.25, 0.3) is 10.6 Å². The molecule has 0 aliphatic carbocycles. The highest BCUT2D eigenvalue weighted by Gasteiger charge is 2.42. The number of hydrogen-bond donors (Lipinski definition) is 1. The van der Waals surface area contributed by atoms with E-state index < -0.39 is 11.4 Å². The van der Waals surface area contributed by atoms with Crippen LogP contribution in [0.4, 0.5) is 0 Å². The molecule has 1 aliphatic heterocycles. The first-order chi connectivity index (χ1) is 10.9. The number of benzene rings is 1. The molecule has 2 aromatic rings. The number of likely N-dealkylation sites (tertiary alicyclic amines) is 1. The average Bonchev–Trinajstić information content (AvgIpc) is 3.15. The zero-order valence-corrected chi connectivity index (χ0v) is 14.0. The van der Waals surface area contributed by atoms with E-state index in [9.17, 15) is 14.7 Å². The second-order valence-electron chi connectivity index (χ2n) is 5.85. The van der Waals surface area contributed by atoms with Crippen LogP contribution in [0.3, 0.4) is 0 Å². The normalized spacial score (nSPS) is 20.7. The van der Waals surface area contributed by atoms with E-state index in [1.165, 1.54) is 17.5 Å². The number of thiazole rings is 1. The molecule has 1 amide bonds. The Labute approximate surface area is 142 Å². The Morgan fingerprint density at radius 2 is 2.13 bits per heavy atom. The second kappa shape index (κ2) is 5.94. The highest BCUT2D eigenvalue weighted by atomic mass is 35.5. The zero-order chi connectivity index (χ0) is 16.6. The lowest BCUT2D eigenvalue weighted by Gasteiger charge is -2.19. The number of amides is 1. The number of carboxylic acids is 1. The van der Waals surface area contributed by atoms with E-state index in [0.29, 0.717) is 27.9 Å². The van der Waals surface area contributed by atoms with Gasteiger partial charge in [-0.15, -0.1) is 11.3 Å². The van der Waals surface area contributed by atoms with Crippen molar-refractivity contribution in [1.82, 2.24) is 9.88 Å². The van der Waals surface area contributed by atoms with Crippen LogP contribution in [0.15, 0.2) is 30.5 Å². The van der Waals surface area contributed by atoms with Crippen molar-refractivity contribution < 1.29 is 14.7 Å². The zero-order valence-electron chi connectivity index (χ0n) is 12.5. The van der Waals surface area contributed by atoms with Crippen molar-refractivity contribution in [2.45, 2.75) is 13.3 Å². The molecule has 0 saturated carbocycles. The van der Waals surface area contributed by atoms with Gasteiger partial charge in [-0.3, -0.25) is 9.59 Å². The Hall–Kier alpha value is -1.92. The van der Waals surface area contributed by atoms with Crippen LogP contribution in [0.5, 0.6) is 0 Å². The fourth-order valence-corrected chi connectivity index (χ4v) is 3.80. The topological polar surface area (TPSA) is 70.5 Å². The lowest BCUT2D eigenvalue weighted by atomic mass is 9.90. The molecule has 1 fully saturated rings. The summed E-state index contributed by atoms with van der Waals surface area (Å²) in [5.74, 6) is -1.04. The van der Waals surface area contributed by atoms with Gasteiger partial charge in [0.25, 0.3) is 5.91 Å². The highest BCUT2D eigenvalue weighted by molar-refractivity contribution is 7.17. The monoisotopic (exact) mass is 350 g/mol. The third-order valence-corrected chi connectivity index (χ3v) is 5.45. The molecule has 1 aromatic heterocycles. The summed E-state index contributed by atoms with van der Waals surface area (Å²) in [7, 11) is 0. The van der Waals surface area contributed by atoms with Crippen molar-refractivity contribution in [2.24, 2.45) is 5.41 Å². The van der Waals surface area contributed by atoms with Gasteiger partial charge in [0, 0.05) is 18.7 Å². The van der Waals surface area contributed by atoms with Gasteiger partial charge in [-0.2, -0.15) is 0 Å². The molecule has 1 unspecified atom stereocenters. The SMILES string of the molecule is CC1(C(=O)O)CCN(C(=O)c2cnc(-c3ccccc3Cl)s2)C1. The highest BCUT2D eigenvalue weighted by Crippen LogP contribution is 2.34. The lowest BCUT2D eigenvalue weighted by Crippen LogP contribution is -2.34. The van der Waals surface area contributed by atoms with E-state index in [2.05, 4.69) is 4.98 Å². The van der Waals surface area contributed by atoms with E-state index in [4.69, 9.17) is 11.6 Å². The van der Waals surface area contributed by atoms with Crippen molar-refractivity contribution in [3.63, 3.8) is 0 Å². The number of halogens is 1. The van der Waals surface area contributed by atoms with Crippen LogP contribution in [0.1, 0.15) is 23.0 Å². The number of carboxylic acid groups (broad SMARTS) is 1. The summed E-state index contributed by atoms with van der Waals surface area (Å²) in [5, 5.41) is 10.5. The van der Waals surface area contributed by atoms with Crippen molar-refractivity contribution in [2.75, 3.05) is 13.1 Å². The van der Waals surface area contributed by atoms with Crippen molar-refractivity contribution in [1.29, 1.82) is 0 Å². The van der Waals surface area contributed by atoms with E-state index in [1.54, 1.807) is 17.9 Å². The Morgan fingerprint density at radius 3 is 2.78 bits per heavy atom. The molecule has 1 atom stereocenters. The first-order valence-corrected chi connectivity index (χ1v) is 8.33. The summed E-state index contributed by atoms with van der Waals surface area (Å²) >= 11 is 7.42. The summed E-state index contributed by atoms with van der Waals surface area (Å²) in [5.41, 5.74) is -0.0821. The molecule has 1 aliphatic rings. The molecule has 0 radical (unpaired) electrons. The first-order valence-electron chi connectivity index (χ1n) is 7.14. The van der Waals surface area contributed by atoms with Crippen molar-refractivity contribution in [3.05, 3.63) is 40.4 Å². The van der Waals surface area contributed by atoms with Gasteiger partial charge in [-0.1, -0.05) is 29.8 Å². The van der Waals surface area contributed by atoms with Gasteiger partial charge in [-0.05, 0) is 19.4 Å². The number of carbonyl (C=O) groups is 2. The molecule has 2 heterocycles.